The molecule has 0 radical (unpaired) electrons. The predicted octanol–water partition coefficient (Wildman–Crippen LogP) is -0.905. The number of hydrogen-bond acceptors (Lipinski definition) is 7. The van der Waals surface area contributed by atoms with Gasteiger partial charge in [0.05, 0.1) is 6.42 Å². The molecule has 0 aromatic heterocycles. The zero-order chi connectivity index (χ0) is 34.8. The van der Waals surface area contributed by atoms with Crippen LogP contribution in [0.5, 0.6) is 0 Å². The van der Waals surface area contributed by atoms with Gasteiger partial charge in [0.1, 0.15) is 24.2 Å². The first-order chi connectivity index (χ1) is 22.4. The smallest absolute Gasteiger partial charge is 0.305 e. The van der Waals surface area contributed by atoms with Crippen LogP contribution in [0.2, 0.25) is 0 Å². The number of carbonyl (C=O) groups is 6. The number of likely N-dealkylation sites (N-methyl/N-ethyl adjacent to an activating group) is 1. The average Bonchev–Trinajstić information content (AvgIpc) is 3.05. The molecule has 0 heterocycles. The first-order valence-electron chi connectivity index (χ1n) is 15.2. The standard InChI is InChI=1S/C32H44N8O7/c1-3-26(41)37-23(17-20-11-6-4-7-12-20)30(46)39-24(18-21-13-8-5-9-14-21)31(47)38-22(15-10-16-36-32(33)34)29(45)40-25(19-27(42)43)28(44)35-2/h4-9,11-14,22-25H,3,10,15-19H2,1-2H3,(H,35,44)(H,37,41)(H,38,47)(H,39,46)(H,40,45)(H,42,43)(H4,33,34,36)/t22-,23-,24-,25-/m0/s1. The van der Waals surface area contributed by atoms with Gasteiger partial charge < -0.3 is 43.2 Å². The van der Waals surface area contributed by atoms with Crippen molar-refractivity contribution in [1.82, 2.24) is 26.6 Å². The first kappa shape index (κ1) is 37.7. The molecular weight excluding hydrogens is 608 g/mol. The first-order valence-corrected chi connectivity index (χ1v) is 15.2. The Morgan fingerprint density at radius 2 is 1.17 bits per heavy atom. The van der Waals surface area contributed by atoms with Gasteiger partial charge in [-0.3, -0.25) is 33.8 Å². The van der Waals surface area contributed by atoms with E-state index in [1.165, 1.54) is 7.05 Å². The van der Waals surface area contributed by atoms with Crippen LogP contribution in [0, 0.1) is 0 Å². The molecule has 2 aromatic carbocycles. The summed E-state index contributed by atoms with van der Waals surface area (Å²) in [5.41, 5.74) is 12.3. The number of rotatable bonds is 19. The van der Waals surface area contributed by atoms with E-state index < -0.39 is 60.2 Å². The monoisotopic (exact) mass is 652 g/mol. The van der Waals surface area contributed by atoms with E-state index in [1.54, 1.807) is 49.4 Å². The third-order valence-electron chi connectivity index (χ3n) is 7.01. The highest BCUT2D eigenvalue weighted by molar-refractivity contribution is 5.96. The second kappa shape index (κ2) is 19.8. The highest BCUT2D eigenvalue weighted by Crippen LogP contribution is 2.09. The Morgan fingerprint density at radius 1 is 0.702 bits per heavy atom. The maximum atomic E-state index is 13.8. The second-order valence-electron chi connectivity index (χ2n) is 10.7. The molecule has 15 nitrogen and oxygen atoms in total. The summed E-state index contributed by atoms with van der Waals surface area (Å²) >= 11 is 0. The van der Waals surface area contributed by atoms with Crippen molar-refractivity contribution in [3.8, 4) is 0 Å². The van der Waals surface area contributed by atoms with Gasteiger partial charge in [-0.2, -0.15) is 0 Å². The summed E-state index contributed by atoms with van der Waals surface area (Å²) in [5.74, 6) is -4.73. The number of carboxylic acid groups (broad SMARTS) is 1. The van der Waals surface area contributed by atoms with E-state index in [2.05, 4.69) is 31.6 Å². The highest BCUT2D eigenvalue weighted by atomic mass is 16.4. The van der Waals surface area contributed by atoms with Gasteiger partial charge in [0, 0.05) is 32.9 Å². The minimum atomic E-state index is -1.41. The van der Waals surface area contributed by atoms with E-state index >= 15 is 0 Å². The number of aliphatic imine (C=N–C) groups is 1. The molecule has 2 rings (SSSR count). The van der Waals surface area contributed by atoms with Crippen molar-refractivity contribution in [2.75, 3.05) is 13.6 Å². The molecule has 0 bridgehead atoms. The molecule has 0 spiro atoms. The Morgan fingerprint density at radius 3 is 1.64 bits per heavy atom. The number of carbonyl (C=O) groups excluding carboxylic acids is 5. The van der Waals surface area contributed by atoms with Crippen molar-refractivity contribution in [3.63, 3.8) is 0 Å². The molecule has 2 aromatic rings. The third-order valence-corrected chi connectivity index (χ3v) is 7.01. The summed E-state index contributed by atoms with van der Waals surface area (Å²) in [4.78, 5) is 80.7. The summed E-state index contributed by atoms with van der Waals surface area (Å²) in [5, 5.41) is 22.0. The number of carboxylic acids is 1. The van der Waals surface area contributed by atoms with Crippen LogP contribution in [0.4, 0.5) is 0 Å². The molecular formula is C32H44N8O7. The minimum Gasteiger partial charge on any atom is -0.481 e. The van der Waals surface area contributed by atoms with Gasteiger partial charge in [-0.25, -0.2) is 0 Å². The minimum absolute atomic E-state index is 0.0110. The molecule has 15 heteroatoms. The molecule has 254 valence electrons. The third kappa shape index (κ3) is 14.0. The second-order valence-corrected chi connectivity index (χ2v) is 10.7. The Labute approximate surface area is 273 Å². The van der Waals surface area contributed by atoms with E-state index in [0.717, 1.165) is 5.56 Å². The molecule has 47 heavy (non-hydrogen) atoms. The molecule has 5 amide bonds. The summed E-state index contributed by atoms with van der Waals surface area (Å²) in [6, 6.07) is 13.1. The molecule has 0 fully saturated rings. The molecule has 0 aliphatic carbocycles. The lowest BCUT2D eigenvalue weighted by atomic mass is 10.0. The predicted molar refractivity (Wildman–Crippen MR) is 175 cm³/mol. The molecule has 0 aliphatic heterocycles. The quantitative estimate of drug-likeness (QED) is 0.0531. The zero-order valence-electron chi connectivity index (χ0n) is 26.5. The van der Waals surface area contributed by atoms with Crippen LogP contribution in [-0.2, 0) is 41.6 Å². The van der Waals surface area contributed by atoms with Crippen LogP contribution in [-0.4, -0.2) is 84.3 Å². The number of nitrogens with two attached hydrogens (primary N) is 2. The number of nitrogens with one attached hydrogen (secondary N) is 5. The van der Waals surface area contributed by atoms with Crippen molar-refractivity contribution < 1.29 is 33.9 Å². The number of nitrogens with zero attached hydrogens (tertiary/aromatic N) is 1. The Kier molecular flexibility index (Phi) is 15.9. The fraction of sp³-hybridized carbons (Fsp3) is 0.406. The van der Waals surface area contributed by atoms with Gasteiger partial charge in [-0.1, -0.05) is 67.6 Å². The van der Waals surface area contributed by atoms with Crippen LogP contribution in [0.25, 0.3) is 0 Å². The van der Waals surface area contributed by atoms with Crippen molar-refractivity contribution in [3.05, 3.63) is 71.8 Å². The fourth-order valence-electron chi connectivity index (χ4n) is 4.56. The van der Waals surface area contributed by atoms with Gasteiger partial charge >= 0.3 is 5.97 Å². The number of amides is 5. The zero-order valence-corrected chi connectivity index (χ0v) is 26.5. The topological polar surface area (TPSA) is 247 Å². The molecule has 0 unspecified atom stereocenters. The van der Waals surface area contributed by atoms with Gasteiger partial charge in [-0.05, 0) is 24.0 Å². The number of hydrogen-bond donors (Lipinski definition) is 8. The average molecular weight is 653 g/mol. The van der Waals surface area contributed by atoms with E-state index in [0.29, 0.717) is 5.56 Å². The van der Waals surface area contributed by atoms with E-state index in [-0.39, 0.29) is 50.5 Å². The summed E-state index contributed by atoms with van der Waals surface area (Å²) in [7, 11) is 1.29. The maximum absolute atomic E-state index is 13.8. The number of guanidine groups is 1. The van der Waals surface area contributed by atoms with Crippen LogP contribution in [0.3, 0.4) is 0 Å². The number of aliphatic carboxylic acids is 1. The van der Waals surface area contributed by atoms with Gasteiger partial charge in [0.2, 0.25) is 29.5 Å². The fourth-order valence-corrected chi connectivity index (χ4v) is 4.56. The van der Waals surface area contributed by atoms with E-state index in [1.807, 2.05) is 18.2 Å². The number of benzene rings is 2. The Balaban J connectivity index is 2.37. The molecule has 10 N–H and O–H groups in total. The van der Waals surface area contributed by atoms with E-state index in [4.69, 9.17) is 11.5 Å². The van der Waals surface area contributed by atoms with Gasteiger partial charge in [-0.15, -0.1) is 0 Å². The lowest BCUT2D eigenvalue weighted by Crippen LogP contribution is -2.59. The summed E-state index contributed by atoms with van der Waals surface area (Å²) < 4.78 is 0. The molecule has 4 atom stereocenters. The van der Waals surface area contributed by atoms with Crippen LogP contribution in [0.15, 0.2) is 65.7 Å². The summed E-state index contributed by atoms with van der Waals surface area (Å²) in [6.45, 7) is 1.78. The summed E-state index contributed by atoms with van der Waals surface area (Å²) in [6.07, 6.45) is -0.102. The largest absolute Gasteiger partial charge is 0.481 e. The molecule has 0 saturated carbocycles. The molecule has 0 saturated heterocycles. The Bertz CT molecular complexity index is 1380. The van der Waals surface area contributed by atoms with Gasteiger partial charge in [0.15, 0.2) is 5.96 Å². The lowest BCUT2D eigenvalue weighted by molar-refractivity contribution is -0.141. The normalized spacial score (nSPS) is 13.1. The van der Waals surface area contributed by atoms with Gasteiger partial charge in [0.25, 0.3) is 0 Å². The van der Waals surface area contributed by atoms with Crippen LogP contribution in [0.1, 0.15) is 43.7 Å². The van der Waals surface area contributed by atoms with Crippen LogP contribution < -0.4 is 38.1 Å². The van der Waals surface area contributed by atoms with Crippen molar-refractivity contribution >= 4 is 41.5 Å². The van der Waals surface area contributed by atoms with Crippen molar-refractivity contribution in [1.29, 1.82) is 0 Å². The SMILES string of the molecule is CCC(=O)N[C@@H](Cc1ccccc1)C(=O)N[C@@H](Cc1ccccc1)C(=O)N[C@@H](CCCN=C(N)N)C(=O)N[C@@H](CC(=O)O)C(=O)NC. The van der Waals surface area contributed by atoms with Crippen LogP contribution >= 0.6 is 0 Å². The maximum Gasteiger partial charge on any atom is 0.305 e. The van der Waals surface area contributed by atoms with Crippen molar-refractivity contribution in [2.24, 2.45) is 16.5 Å². The Hall–Kier alpha value is -5.47. The van der Waals surface area contributed by atoms with Crippen molar-refractivity contribution in [2.45, 2.75) is 69.6 Å². The highest BCUT2D eigenvalue weighted by Gasteiger charge is 2.32. The molecule has 0 aliphatic rings. The lowest BCUT2D eigenvalue weighted by Gasteiger charge is -2.26. The van der Waals surface area contributed by atoms with E-state index in [9.17, 15) is 33.9 Å².